The standard InChI is InChI=1S/C27H23NO4/c1-3-32-27(30)21-15-13-19(14-16-21)17-22-18-24(20-9-5-4-6-10-20)28(26(22)29)23-11-7-8-12-25(23)31-2/h4-18H,3H2,1-2H3. The van der Waals surface area contributed by atoms with E-state index < -0.39 is 0 Å². The minimum atomic E-state index is -0.364. The van der Waals surface area contributed by atoms with Crippen molar-refractivity contribution in [1.29, 1.82) is 0 Å². The lowest BCUT2D eigenvalue weighted by molar-refractivity contribution is -0.113. The van der Waals surface area contributed by atoms with Gasteiger partial charge in [0.2, 0.25) is 0 Å². The molecule has 0 aromatic heterocycles. The molecule has 0 saturated carbocycles. The topological polar surface area (TPSA) is 55.8 Å². The molecular formula is C27H23NO4. The third-order valence-electron chi connectivity index (χ3n) is 5.12. The average molecular weight is 425 g/mol. The molecular weight excluding hydrogens is 402 g/mol. The highest BCUT2D eigenvalue weighted by atomic mass is 16.5. The number of methoxy groups -OCH3 is 1. The Labute approximate surface area is 187 Å². The highest BCUT2D eigenvalue weighted by Gasteiger charge is 2.32. The van der Waals surface area contributed by atoms with Crippen molar-refractivity contribution >= 4 is 29.3 Å². The third-order valence-corrected chi connectivity index (χ3v) is 5.12. The van der Waals surface area contributed by atoms with Gasteiger partial charge >= 0.3 is 5.97 Å². The van der Waals surface area contributed by atoms with Gasteiger partial charge in [0.25, 0.3) is 5.91 Å². The van der Waals surface area contributed by atoms with Crippen LogP contribution in [0, 0.1) is 0 Å². The summed E-state index contributed by atoms with van der Waals surface area (Å²) >= 11 is 0. The van der Waals surface area contributed by atoms with Crippen LogP contribution in [0.4, 0.5) is 5.69 Å². The van der Waals surface area contributed by atoms with E-state index in [0.29, 0.717) is 29.2 Å². The summed E-state index contributed by atoms with van der Waals surface area (Å²) in [4.78, 5) is 27.1. The van der Waals surface area contributed by atoms with E-state index in [9.17, 15) is 9.59 Å². The molecule has 0 aliphatic carbocycles. The van der Waals surface area contributed by atoms with Crippen molar-refractivity contribution in [2.75, 3.05) is 18.6 Å². The van der Waals surface area contributed by atoms with E-state index in [0.717, 1.165) is 16.8 Å². The van der Waals surface area contributed by atoms with Gasteiger partial charge in [-0.15, -0.1) is 0 Å². The van der Waals surface area contributed by atoms with Gasteiger partial charge in [-0.3, -0.25) is 9.69 Å². The van der Waals surface area contributed by atoms with Crippen LogP contribution in [0.25, 0.3) is 11.8 Å². The van der Waals surface area contributed by atoms with E-state index in [4.69, 9.17) is 9.47 Å². The lowest BCUT2D eigenvalue weighted by Gasteiger charge is -2.22. The van der Waals surface area contributed by atoms with Crippen molar-refractivity contribution in [3.63, 3.8) is 0 Å². The van der Waals surface area contributed by atoms with E-state index in [1.165, 1.54) is 0 Å². The maximum Gasteiger partial charge on any atom is 0.338 e. The highest BCUT2D eigenvalue weighted by molar-refractivity contribution is 6.23. The predicted molar refractivity (Wildman–Crippen MR) is 125 cm³/mol. The third kappa shape index (κ3) is 4.18. The molecule has 0 N–H and O–H groups in total. The van der Waals surface area contributed by atoms with E-state index >= 15 is 0 Å². The first-order valence-corrected chi connectivity index (χ1v) is 10.4. The Balaban J connectivity index is 1.74. The van der Waals surface area contributed by atoms with Gasteiger partial charge in [-0.2, -0.15) is 0 Å². The zero-order chi connectivity index (χ0) is 22.5. The molecule has 5 heteroatoms. The second-order valence-corrected chi connectivity index (χ2v) is 7.15. The summed E-state index contributed by atoms with van der Waals surface area (Å²) in [6.45, 7) is 2.09. The highest BCUT2D eigenvalue weighted by Crippen LogP contribution is 2.39. The Bertz CT molecular complexity index is 1190. The number of hydrogen-bond donors (Lipinski definition) is 0. The molecule has 160 valence electrons. The lowest BCUT2D eigenvalue weighted by atomic mass is 10.1. The summed E-state index contributed by atoms with van der Waals surface area (Å²) in [6, 6.07) is 24.2. The van der Waals surface area contributed by atoms with Gasteiger partial charge in [0.1, 0.15) is 5.75 Å². The number of carbonyl (C=O) groups excluding carboxylic acids is 2. The molecule has 0 spiro atoms. The monoisotopic (exact) mass is 425 g/mol. The Morgan fingerprint density at radius 1 is 0.938 bits per heavy atom. The van der Waals surface area contributed by atoms with Crippen molar-refractivity contribution in [3.8, 4) is 5.75 Å². The maximum atomic E-state index is 13.5. The van der Waals surface area contributed by atoms with Crippen LogP contribution in [-0.2, 0) is 9.53 Å². The molecule has 0 atom stereocenters. The Kier molecular flexibility index (Phi) is 6.17. The van der Waals surface area contributed by atoms with Gasteiger partial charge < -0.3 is 9.47 Å². The molecule has 4 rings (SSSR count). The average Bonchev–Trinajstić information content (AvgIpc) is 3.16. The van der Waals surface area contributed by atoms with E-state index in [1.54, 1.807) is 43.2 Å². The van der Waals surface area contributed by atoms with E-state index in [1.807, 2.05) is 66.7 Å². The first-order chi connectivity index (χ1) is 15.6. The van der Waals surface area contributed by atoms with Gasteiger partial charge in [0.15, 0.2) is 0 Å². The zero-order valence-electron chi connectivity index (χ0n) is 17.9. The van der Waals surface area contributed by atoms with E-state index in [-0.39, 0.29) is 11.9 Å². The number of rotatable bonds is 6. The van der Waals surface area contributed by atoms with Gasteiger partial charge in [0.05, 0.1) is 30.7 Å². The van der Waals surface area contributed by atoms with Crippen LogP contribution < -0.4 is 9.64 Å². The van der Waals surface area contributed by atoms with Crippen molar-refractivity contribution in [1.82, 2.24) is 0 Å². The number of nitrogens with zero attached hydrogens (tertiary/aromatic N) is 1. The van der Waals surface area contributed by atoms with Crippen LogP contribution in [0.3, 0.4) is 0 Å². The molecule has 1 heterocycles. The summed E-state index contributed by atoms with van der Waals surface area (Å²) in [5.41, 5.74) is 4.20. The Hall–Kier alpha value is -4.12. The zero-order valence-corrected chi connectivity index (χ0v) is 17.9. The van der Waals surface area contributed by atoms with Gasteiger partial charge in [-0.05, 0) is 54.5 Å². The molecule has 0 bridgehead atoms. The number of amides is 1. The molecule has 1 aliphatic heterocycles. The molecule has 1 amide bonds. The molecule has 5 nitrogen and oxygen atoms in total. The summed E-state index contributed by atoms with van der Waals surface area (Å²) in [7, 11) is 1.59. The molecule has 1 aliphatic rings. The number of anilines is 1. The molecule has 32 heavy (non-hydrogen) atoms. The molecule has 0 unspecified atom stereocenters. The van der Waals surface area contributed by atoms with Crippen molar-refractivity contribution in [3.05, 3.63) is 107 Å². The largest absolute Gasteiger partial charge is 0.495 e. The van der Waals surface area contributed by atoms with Gasteiger partial charge in [0, 0.05) is 5.57 Å². The molecule has 3 aromatic rings. The summed E-state index contributed by atoms with van der Waals surface area (Å²) in [5, 5.41) is 0. The lowest BCUT2D eigenvalue weighted by Crippen LogP contribution is -2.25. The quantitative estimate of drug-likeness (QED) is 0.395. The van der Waals surface area contributed by atoms with Crippen LogP contribution in [0.1, 0.15) is 28.4 Å². The van der Waals surface area contributed by atoms with Crippen molar-refractivity contribution in [2.24, 2.45) is 0 Å². The van der Waals surface area contributed by atoms with Crippen LogP contribution in [-0.4, -0.2) is 25.6 Å². The minimum Gasteiger partial charge on any atom is -0.495 e. The number of benzene rings is 3. The van der Waals surface area contributed by atoms with Crippen LogP contribution in [0.2, 0.25) is 0 Å². The fourth-order valence-electron chi connectivity index (χ4n) is 3.60. The second-order valence-electron chi connectivity index (χ2n) is 7.15. The van der Waals surface area contributed by atoms with E-state index in [2.05, 4.69) is 0 Å². The summed E-state index contributed by atoms with van der Waals surface area (Å²) in [6.07, 6.45) is 3.69. The molecule has 0 saturated heterocycles. The SMILES string of the molecule is CCOC(=O)c1ccc(C=C2C=C(c3ccccc3)N(c3ccccc3OC)C2=O)cc1. The second kappa shape index (κ2) is 9.35. The van der Waals surface area contributed by atoms with Crippen molar-refractivity contribution in [2.45, 2.75) is 6.92 Å². The first kappa shape index (κ1) is 21.1. The number of esters is 1. The van der Waals surface area contributed by atoms with Crippen LogP contribution >= 0.6 is 0 Å². The number of ether oxygens (including phenoxy) is 2. The van der Waals surface area contributed by atoms with Gasteiger partial charge in [-0.25, -0.2) is 4.79 Å². The summed E-state index contributed by atoms with van der Waals surface area (Å²) in [5.74, 6) is 0.0998. The molecule has 3 aromatic carbocycles. The number of para-hydroxylation sites is 2. The predicted octanol–water partition coefficient (Wildman–Crippen LogP) is 5.34. The van der Waals surface area contributed by atoms with Crippen LogP contribution in [0.5, 0.6) is 5.75 Å². The Morgan fingerprint density at radius 3 is 2.31 bits per heavy atom. The maximum absolute atomic E-state index is 13.5. The van der Waals surface area contributed by atoms with Crippen LogP contribution in [0.15, 0.2) is 90.5 Å². The molecule has 0 fully saturated rings. The smallest absolute Gasteiger partial charge is 0.338 e. The molecule has 0 radical (unpaired) electrons. The fraction of sp³-hybridized carbons (Fsp3) is 0.111. The first-order valence-electron chi connectivity index (χ1n) is 10.4. The normalized spacial score (nSPS) is 14.4. The minimum absolute atomic E-state index is 0.150. The number of carbonyl (C=O) groups is 2. The van der Waals surface area contributed by atoms with Gasteiger partial charge in [-0.1, -0.05) is 54.6 Å². The van der Waals surface area contributed by atoms with Crippen molar-refractivity contribution < 1.29 is 19.1 Å². The summed E-state index contributed by atoms with van der Waals surface area (Å²) < 4.78 is 10.5. The fourth-order valence-corrected chi connectivity index (χ4v) is 3.60. The number of hydrogen-bond acceptors (Lipinski definition) is 4. The Morgan fingerprint density at radius 2 is 1.62 bits per heavy atom.